The van der Waals surface area contributed by atoms with Crippen molar-refractivity contribution in [3.05, 3.63) is 28.3 Å². The number of nitrogens with one attached hydrogen (secondary N) is 2. The molecule has 0 radical (unpaired) electrons. The van der Waals surface area contributed by atoms with E-state index in [0.29, 0.717) is 18.2 Å². The summed E-state index contributed by atoms with van der Waals surface area (Å²) in [6, 6.07) is 3.79. The fourth-order valence-corrected chi connectivity index (χ4v) is 2.16. The van der Waals surface area contributed by atoms with Crippen molar-refractivity contribution in [2.75, 3.05) is 18.9 Å². The van der Waals surface area contributed by atoms with Gasteiger partial charge in [-0.1, -0.05) is 13.8 Å². The smallest absolute Gasteiger partial charge is 0.293 e. The number of rotatable bonds is 6. The van der Waals surface area contributed by atoms with Gasteiger partial charge >= 0.3 is 0 Å². The van der Waals surface area contributed by atoms with Crippen molar-refractivity contribution >= 4 is 21.4 Å². The van der Waals surface area contributed by atoms with Gasteiger partial charge in [-0.2, -0.15) is 0 Å². The molecule has 0 fully saturated rings. The molecule has 8 heteroatoms. The number of hydrogen-bond acceptors (Lipinski definition) is 5. The van der Waals surface area contributed by atoms with E-state index in [0.717, 1.165) is 6.07 Å². The predicted molar refractivity (Wildman–Crippen MR) is 72.7 cm³/mol. The molecule has 0 amide bonds. The number of nitro groups is 1. The van der Waals surface area contributed by atoms with Gasteiger partial charge in [0.25, 0.3) is 5.69 Å². The summed E-state index contributed by atoms with van der Waals surface area (Å²) in [4.78, 5) is 10.3. The third kappa shape index (κ3) is 3.90. The van der Waals surface area contributed by atoms with Gasteiger partial charge in [0.15, 0.2) is 0 Å². The zero-order valence-corrected chi connectivity index (χ0v) is 11.8. The Kier molecular flexibility index (Phi) is 4.84. The molecule has 19 heavy (non-hydrogen) atoms. The van der Waals surface area contributed by atoms with Gasteiger partial charge in [0, 0.05) is 12.6 Å². The standard InChI is InChI=1S/C11H17N3O4S/c1-8(2)7-13-10-5-4-9(19(17,18)12-3)6-11(10)14(15)16/h4-6,8,12-13H,7H2,1-3H3. The Morgan fingerprint density at radius 3 is 2.47 bits per heavy atom. The van der Waals surface area contributed by atoms with Gasteiger partial charge in [-0.3, -0.25) is 10.1 Å². The van der Waals surface area contributed by atoms with Gasteiger partial charge in [0.05, 0.1) is 9.82 Å². The van der Waals surface area contributed by atoms with Crippen LogP contribution in [0.5, 0.6) is 0 Å². The first-order valence-corrected chi connectivity index (χ1v) is 7.22. The van der Waals surface area contributed by atoms with E-state index < -0.39 is 14.9 Å². The topological polar surface area (TPSA) is 101 Å². The largest absolute Gasteiger partial charge is 0.379 e. The predicted octanol–water partition coefficient (Wildman–Crippen LogP) is 1.57. The number of nitro benzene ring substituents is 1. The monoisotopic (exact) mass is 287 g/mol. The zero-order valence-electron chi connectivity index (χ0n) is 11.0. The van der Waals surface area contributed by atoms with Gasteiger partial charge in [-0.25, -0.2) is 13.1 Å². The van der Waals surface area contributed by atoms with Crippen molar-refractivity contribution in [3.8, 4) is 0 Å². The zero-order chi connectivity index (χ0) is 14.6. The maximum atomic E-state index is 11.6. The van der Waals surface area contributed by atoms with Gasteiger partial charge in [-0.05, 0) is 25.1 Å². The lowest BCUT2D eigenvalue weighted by molar-refractivity contribution is -0.384. The summed E-state index contributed by atoms with van der Waals surface area (Å²) in [7, 11) is -2.43. The molecule has 0 bridgehead atoms. The molecular formula is C11H17N3O4S. The Morgan fingerprint density at radius 2 is 2.00 bits per heavy atom. The highest BCUT2D eigenvalue weighted by molar-refractivity contribution is 7.89. The fraction of sp³-hybridized carbons (Fsp3) is 0.455. The Labute approximate surface area is 112 Å². The normalized spacial score (nSPS) is 11.6. The van der Waals surface area contributed by atoms with Crippen LogP contribution in [0.25, 0.3) is 0 Å². The van der Waals surface area contributed by atoms with E-state index in [1.165, 1.54) is 19.2 Å². The molecule has 0 unspecified atom stereocenters. The Balaban J connectivity index is 3.19. The van der Waals surface area contributed by atoms with Crippen LogP contribution in [0.1, 0.15) is 13.8 Å². The van der Waals surface area contributed by atoms with Crippen LogP contribution in [0.15, 0.2) is 23.1 Å². The Hall–Kier alpha value is -1.67. The van der Waals surface area contributed by atoms with E-state index in [1.54, 1.807) is 0 Å². The van der Waals surface area contributed by atoms with E-state index >= 15 is 0 Å². The van der Waals surface area contributed by atoms with E-state index in [9.17, 15) is 18.5 Å². The average molecular weight is 287 g/mol. The van der Waals surface area contributed by atoms with Crippen molar-refractivity contribution in [1.82, 2.24) is 4.72 Å². The first-order valence-electron chi connectivity index (χ1n) is 5.73. The van der Waals surface area contributed by atoms with E-state index in [4.69, 9.17) is 0 Å². The van der Waals surface area contributed by atoms with E-state index in [1.807, 2.05) is 13.8 Å². The molecule has 1 aromatic rings. The van der Waals surface area contributed by atoms with Crippen molar-refractivity contribution in [3.63, 3.8) is 0 Å². The SMILES string of the molecule is CNS(=O)(=O)c1ccc(NCC(C)C)c([N+](=O)[O-])c1. The minimum Gasteiger partial charge on any atom is -0.379 e. The summed E-state index contributed by atoms with van der Waals surface area (Å²) in [6.45, 7) is 4.51. The summed E-state index contributed by atoms with van der Waals surface area (Å²) in [5, 5.41) is 13.9. The molecule has 7 nitrogen and oxygen atoms in total. The second-order valence-corrected chi connectivity index (χ2v) is 6.30. The van der Waals surface area contributed by atoms with Crippen LogP contribution in [0, 0.1) is 16.0 Å². The second kappa shape index (κ2) is 5.98. The number of hydrogen-bond donors (Lipinski definition) is 2. The van der Waals surface area contributed by atoms with Crippen LogP contribution in [-0.4, -0.2) is 26.9 Å². The fourth-order valence-electron chi connectivity index (χ4n) is 1.41. The summed E-state index contributed by atoms with van der Waals surface area (Å²) in [5.74, 6) is 0.320. The maximum absolute atomic E-state index is 11.6. The van der Waals surface area contributed by atoms with Crippen molar-refractivity contribution in [2.24, 2.45) is 5.92 Å². The van der Waals surface area contributed by atoms with Crippen LogP contribution in [0.3, 0.4) is 0 Å². The van der Waals surface area contributed by atoms with Crippen molar-refractivity contribution in [2.45, 2.75) is 18.7 Å². The Morgan fingerprint density at radius 1 is 1.37 bits per heavy atom. The third-order valence-electron chi connectivity index (χ3n) is 2.45. The van der Waals surface area contributed by atoms with E-state index in [-0.39, 0.29) is 10.6 Å². The lowest BCUT2D eigenvalue weighted by atomic mass is 10.2. The van der Waals surface area contributed by atoms with Crippen molar-refractivity contribution in [1.29, 1.82) is 0 Å². The van der Waals surface area contributed by atoms with Gasteiger partial charge in [0.1, 0.15) is 5.69 Å². The highest BCUT2D eigenvalue weighted by Gasteiger charge is 2.20. The van der Waals surface area contributed by atoms with Gasteiger partial charge in [-0.15, -0.1) is 0 Å². The number of benzene rings is 1. The van der Waals surface area contributed by atoms with Crippen LogP contribution >= 0.6 is 0 Å². The van der Waals surface area contributed by atoms with Crippen molar-refractivity contribution < 1.29 is 13.3 Å². The molecule has 0 spiro atoms. The molecule has 106 valence electrons. The molecular weight excluding hydrogens is 270 g/mol. The molecule has 0 heterocycles. The lowest BCUT2D eigenvalue weighted by Gasteiger charge is -2.10. The van der Waals surface area contributed by atoms with E-state index in [2.05, 4.69) is 10.0 Å². The highest BCUT2D eigenvalue weighted by atomic mass is 32.2. The number of sulfonamides is 1. The average Bonchev–Trinajstić information content (AvgIpc) is 2.35. The molecule has 0 atom stereocenters. The van der Waals surface area contributed by atoms with Crippen LogP contribution in [0.2, 0.25) is 0 Å². The molecule has 0 saturated carbocycles. The first kappa shape index (κ1) is 15.4. The maximum Gasteiger partial charge on any atom is 0.293 e. The summed E-state index contributed by atoms with van der Waals surface area (Å²) in [5.41, 5.74) is 0.0609. The minimum absolute atomic E-state index is 0.128. The Bertz CT molecular complexity index is 569. The van der Waals surface area contributed by atoms with Gasteiger partial charge < -0.3 is 5.32 Å². The quantitative estimate of drug-likeness (QED) is 0.611. The second-order valence-electron chi connectivity index (χ2n) is 4.42. The molecule has 1 aromatic carbocycles. The molecule has 2 N–H and O–H groups in total. The lowest BCUT2D eigenvalue weighted by Crippen LogP contribution is -2.19. The summed E-state index contributed by atoms with van der Waals surface area (Å²) < 4.78 is 25.3. The molecule has 0 aliphatic heterocycles. The number of nitrogens with zero attached hydrogens (tertiary/aromatic N) is 1. The molecule has 0 aliphatic rings. The molecule has 0 aromatic heterocycles. The molecule has 0 aliphatic carbocycles. The number of anilines is 1. The van der Waals surface area contributed by atoms with Crippen LogP contribution in [0.4, 0.5) is 11.4 Å². The van der Waals surface area contributed by atoms with Gasteiger partial charge in [0.2, 0.25) is 10.0 Å². The minimum atomic E-state index is -3.68. The molecule has 1 rings (SSSR count). The first-order chi connectivity index (χ1) is 8.77. The summed E-state index contributed by atoms with van der Waals surface area (Å²) >= 11 is 0. The summed E-state index contributed by atoms with van der Waals surface area (Å²) in [6.07, 6.45) is 0. The van der Waals surface area contributed by atoms with Crippen LogP contribution in [-0.2, 0) is 10.0 Å². The molecule has 0 saturated heterocycles. The third-order valence-corrected chi connectivity index (χ3v) is 3.86. The van der Waals surface area contributed by atoms with Crippen LogP contribution < -0.4 is 10.0 Å². The highest BCUT2D eigenvalue weighted by Crippen LogP contribution is 2.27.